The molecule has 82 valence electrons. The minimum Gasteiger partial charge on any atom is -0.465 e. The second-order valence-electron chi connectivity index (χ2n) is 3.09. The fraction of sp³-hybridized carbons (Fsp3) is 0.364. The summed E-state index contributed by atoms with van der Waals surface area (Å²) in [5.74, 6) is 1.46. The molecule has 0 atom stereocenters. The molecule has 0 unspecified atom stereocenters. The average Bonchev–Trinajstić information content (AvgIpc) is 2.25. The van der Waals surface area contributed by atoms with Crippen LogP contribution in [-0.4, -0.2) is 27.7 Å². The van der Waals surface area contributed by atoms with Gasteiger partial charge in [0.15, 0.2) is 0 Å². The van der Waals surface area contributed by atoms with Crippen LogP contribution >= 0.6 is 11.8 Å². The second kappa shape index (κ2) is 6.35. The van der Waals surface area contributed by atoms with Gasteiger partial charge in [0.2, 0.25) is 0 Å². The molecule has 3 nitrogen and oxygen atoms in total. The van der Waals surface area contributed by atoms with E-state index in [4.69, 9.17) is 5.11 Å². The molecule has 1 amide bonds. The molecule has 0 fully saturated rings. The monoisotopic (exact) mass is 225 g/mol. The van der Waals surface area contributed by atoms with Crippen LogP contribution in [-0.2, 0) is 6.54 Å². The minimum absolute atomic E-state index is 0.461. The average molecular weight is 225 g/mol. The zero-order valence-electron chi connectivity index (χ0n) is 8.72. The smallest absolute Gasteiger partial charge is 0.408 e. The molecule has 1 aromatic rings. The van der Waals surface area contributed by atoms with Crippen molar-refractivity contribution in [2.24, 2.45) is 0 Å². The third kappa shape index (κ3) is 4.25. The summed E-state index contributed by atoms with van der Waals surface area (Å²) >= 11 is 1.61. The lowest BCUT2D eigenvalue weighted by molar-refractivity contribution is 0.151. The third-order valence-corrected chi connectivity index (χ3v) is 2.84. The Hall–Kier alpha value is -1.16. The summed E-state index contributed by atoms with van der Waals surface area (Å²) in [5.41, 5.74) is 1.02. The van der Waals surface area contributed by atoms with E-state index in [-0.39, 0.29) is 0 Å². The van der Waals surface area contributed by atoms with Crippen molar-refractivity contribution < 1.29 is 9.90 Å². The van der Waals surface area contributed by atoms with Crippen LogP contribution in [0.5, 0.6) is 0 Å². The fourth-order valence-electron chi connectivity index (χ4n) is 1.17. The minimum atomic E-state index is -0.861. The van der Waals surface area contributed by atoms with E-state index in [2.05, 4.69) is 0 Å². The van der Waals surface area contributed by atoms with E-state index < -0.39 is 6.09 Å². The van der Waals surface area contributed by atoms with E-state index in [9.17, 15) is 4.79 Å². The molecule has 0 saturated heterocycles. The summed E-state index contributed by atoms with van der Waals surface area (Å²) in [5, 5.41) is 8.97. The summed E-state index contributed by atoms with van der Waals surface area (Å²) < 4.78 is 0. The maximum Gasteiger partial charge on any atom is 0.408 e. The first-order valence-corrected chi connectivity index (χ1v) is 5.99. The number of carboxylic acid groups (broad SMARTS) is 1. The maximum absolute atomic E-state index is 10.9. The highest BCUT2D eigenvalue weighted by molar-refractivity contribution is 7.99. The van der Waals surface area contributed by atoms with E-state index in [1.807, 2.05) is 37.3 Å². The van der Waals surface area contributed by atoms with Crippen LogP contribution < -0.4 is 0 Å². The van der Waals surface area contributed by atoms with Gasteiger partial charge >= 0.3 is 6.09 Å². The summed E-state index contributed by atoms with van der Waals surface area (Å²) in [6.45, 7) is 2.48. The number of benzene rings is 1. The SMILES string of the molecule is CCSCN(Cc1ccccc1)C(=O)O. The van der Waals surface area contributed by atoms with Crippen LogP contribution in [0.15, 0.2) is 30.3 Å². The zero-order chi connectivity index (χ0) is 11.1. The van der Waals surface area contributed by atoms with Gasteiger partial charge in [-0.15, -0.1) is 11.8 Å². The number of amides is 1. The number of hydrogen-bond donors (Lipinski definition) is 1. The van der Waals surface area contributed by atoms with Crippen molar-refractivity contribution in [1.29, 1.82) is 0 Å². The van der Waals surface area contributed by atoms with E-state index in [1.54, 1.807) is 11.8 Å². The lowest BCUT2D eigenvalue weighted by atomic mass is 10.2. The highest BCUT2D eigenvalue weighted by atomic mass is 32.2. The first-order valence-electron chi connectivity index (χ1n) is 4.83. The molecule has 1 aromatic carbocycles. The Bertz CT molecular complexity index is 303. The number of nitrogens with zero attached hydrogens (tertiary/aromatic N) is 1. The van der Waals surface area contributed by atoms with Crippen LogP contribution in [0.3, 0.4) is 0 Å². The van der Waals surface area contributed by atoms with Crippen molar-refractivity contribution in [3.8, 4) is 0 Å². The maximum atomic E-state index is 10.9. The van der Waals surface area contributed by atoms with Crippen LogP contribution in [0.25, 0.3) is 0 Å². The Balaban J connectivity index is 2.55. The molecule has 0 bridgehead atoms. The molecule has 4 heteroatoms. The first-order chi connectivity index (χ1) is 7.24. The standard InChI is InChI=1S/C11H15NO2S/c1-2-15-9-12(11(13)14)8-10-6-4-3-5-7-10/h3-7H,2,8-9H2,1H3,(H,13,14). The molecule has 1 rings (SSSR count). The van der Waals surface area contributed by atoms with Crippen LogP contribution in [0.1, 0.15) is 12.5 Å². The molecule has 0 aliphatic rings. The molecule has 0 spiro atoms. The Morgan fingerprint density at radius 1 is 1.40 bits per heavy atom. The van der Waals surface area contributed by atoms with E-state index in [0.29, 0.717) is 12.4 Å². The Morgan fingerprint density at radius 2 is 2.07 bits per heavy atom. The number of thioether (sulfide) groups is 1. The van der Waals surface area contributed by atoms with Gasteiger partial charge in [0.05, 0.1) is 5.88 Å². The lowest BCUT2D eigenvalue weighted by Crippen LogP contribution is -2.28. The van der Waals surface area contributed by atoms with Crippen molar-refractivity contribution in [3.63, 3.8) is 0 Å². The van der Waals surface area contributed by atoms with Gasteiger partial charge in [-0.1, -0.05) is 37.3 Å². The van der Waals surface area contributed by atoms with E-state index >= 15 is 0 Å². The van der Waals surface area contributed by atoms with E-state index in [1.165, 1.54) is 4.90 Å². The predicted molar refractivity (Wildman–Crippen MR) is 63.0 cm³/mol. The van der Waals surface area contributed by atoms with Gasteiger partial charge in [-0.05, 0) is 11.3 Å². The zero-order valence-corrected chi connectivity index (χ0v) is 9.54. The Kier molecular flexibility index (Phi) is 5.04. The quantitative estimate of drug-likeness (QED) is 0.783. The first kappa shape index (κ1) is 11.9. The summed E-state index contributed by atoms with van der Waals surface area (Å²) in [6, 6.07) is 9.64. The topological polar surface area (TPSA) is 40.5 Å². The van der Waals surface area contributed by atoms with Crippen molar-refractivity contribution in [2.75, 3.05) is 11.6 Å². The third-order valence-electron chi connectivity index (χ3n) is 1.94. The normalized spacial score (nSPS) is 9.93. The highest BCUT2D eigenvalue weighted by Crippen LogP contribution is 2.09. The molecule has 15 heavy (non-hydrogen) atoms. The molecule has 0 saturated carbocycles. The molecule has 0 aliphatic carbocycles. The Labute approximate surface area is 94.1 Å². The summed E-state index contributed by atoms with van der Waals surface area (Å²) in [4.78, 5) is 12.3. The molecule has 0 aromatic heterocycles. The molecule has 0 heterocycles. The number of hydrogen-bond acceptors (Lipinski definition) is 2. The summed E-state index contributed by atoms with van der Waals surface area (Å²) in [7, 11) is 0. The highest BCUT2D eigenvalue weighted by Gasteiger charge is 2.11. The molecule has 0 aliphatic heterocycles. The molecule has 1 N–H and O–H groups in total. The second-order valence-corrected chi connectivity index (χ2v) is 4.33. The van der Waals surface area contributed by atoms with Crippen molar-refractivity contribution in [3.05, 3.63) is 35.9 Å². The predicted octanol–water partition coefficient (Wildman–Crippen LogP) is 2.88. The number of rotatable bonds is 5. The van der Waals surface area contributed by atoms with Crippen LogP contribution in [0, 0.1) is 0 Å². The number of carbonyl (C=O) groups is 1. The largest absolute Gasteiger partial charge is 0.465 e. The van der Waals surface area contributed by atoms with Gasteiger partial charge < -0.3 is 5.11 Å². The lowest BCUT2D eigenvalue weighted by Gasteiger charge is -2.18. The van der Waals surface area contributed by atoms with Gasteiger partial charge in [-0.3, -0.25) is 4.90 Å². The van der Waals surface area contributed by atoms with Crippen molar-refractivity contribution in [2.45, 2.75) is 13.5 Å². The molecular weight excluding hydrogens is 210 g/mol. The molecule has 0 radical (unpaired) electrons. The van der Waals surface area contributed by atoms with Crippen LogP contribution in [0.2, 0.25) is 0 Å². The van der Waals surface area contributed by atoms with Gasteiger partial charge in [-0.2, -0.15) is 0 Å². The van der Waals surface area contributed by atoms with Crippen molar-refractivity contribution >= 4 is 17.9 Å². The van der Waals surface area contributed by atoms with Gasteiger partial charge in [0.1, 0.15) is 0 Å². The summed E-state index contributed by atoms with van der Waals surface area (Å²) in [6.07, 6.45) is -0.861. The van der Waals surface area contributed by atoms with Gasteiger partial charge in [0.25, 0.3) is 0 Å². The molecular formula is C11H15NO2S. The Morgan fingerprint density at radius 3 is 2.60 bits per heavy atom. The van der Waals surface area contributed by atoms with Gasteiger partial charge in [0, 0.05) is 6.54 Å². The fourth-order valence-corrected chi connectivity index (χ4v) is 1.78. The van der Waals surface area contributed by atoms with Crippen LogP contribution in [0.4, 0.5) is 4.79 Å². The van der Waals surface area contributed by atoms with Gasteiger partial charge in [-0.25, -0.2) is 4.79 Å². The van der Waals surface area contributed by atoms with E-state index in [0.717, 1.165) is 11.3 Å². The van der Waals surface area contributed by atoms with Crippen molar-refractivity contribution in [1.82, 2.24) is 4.90 Å².